The molecule has 1 aliphatic heterocycles. The van der Waals surface area contributed by atoms with Crippen LogP contribution in [0.5, 0.6) is 0 Å². The van der Waals surface area contributed by atoms with Crippen molar-refractivity contribution in [2.75, 3.05) is 32.4 Å². The van der Waals surface area contributed by atoms with Crippen molar-refractivity contribution in [3.8, 4) is 0 Å². The van der Waals surface area contributed by atoms with Crippen molar-refractivity contribution in [3.63, 3.8) is 0 Å². The van der Waals surface area contributed by atoms with Gasteiger partial charge in [0.1, 0.15) is 12.0 Å². The highest BCUT2D eigenvalue weighted by molar-refractivity contribution is 7.88. The van der Waals surface area contributed by atoms with E-state index in [9.17, 15) is 13.2 Å². The van der Waals surface area contributed by atoms with Crippen molar-refractivity contribution in [1.82, 2.24) is 9.21 Å². The number of piperazine rings is 1. The first-order chi connectivity index (χ1) is 8.86. The second-order valence-corrected chi connectivity index (χ2v) is 6.53. The lowest BCUT2D eigenvalue weighted by molar-refractivity contribution is 0.0696. The second-order valence-electron chi connectivity index (χ2n) is 4.55. The zero-order valence-electron chi connectivity index (χ0n) is 10.6. The average molecular weight is 288 g/mol. The summed E-state index contributed by atoms with van der Waals surface area (Å²) in [5, 5.41) is 8.78. The van der Waals surface area contributed by atoms with E-state index in [1.165, 1.54) is 22.9 Å². The molecule has 0 spiro atoms. The summed E-state index contributed by atoms with van der Waals surface area (Å²) in [7, 11) is -3.12. The summed E-state index contributed by atoms with van der Waals surface area (Å²) in [6.45, 7) is 2.61. The smallest absolute Gasteiger partial charge is 0.338 e. The quantitative estimate of drug-likeness (QED) is 0.842. The fraction of sp³-hybridized carbons (Fsp3) is 0.545. The summed E-state index contributed by atoms with van der Waals surface area (Å²) in [6, 6.07) is 1.49. The van der Waals surface area contributed by atoms with Crippen LogP contribution in [0.3, 0.4) is 0 Å². The fourth-order valence-electron chi connectivity index (χ4n) is 2.02. The molecule has 1 saturated heterocycles. The molecule has 1 aromatic heterocycles. The van der Waals surface area contributed by atoms with Crippen LogP contribution in [0.25, 0.3) is 0 Å². The molecule has 0 radical (unpaired) electrons. The van der Waals surface area contributed by atoms with Gasteiger partial charge >= 0.3 is 5.97 Å². The summed E-state index contributed by atoms with van der Waals surface area (Å²) < 4.78 is 29.3. The van der Waals surface area contributed by atoms with E-state index in [4.69, 9.17) is 9.52 Å². The Bertz CT molecular complexity index is 557. The van der Waals surface area contributed by atoms with Crippen LogP contribution in [-0.2, 0) is 16.6 Å². The normalized spacial score (nSPS) is 18.6. The lowest BCUT2D eigenvalue weighted by Gasteiger charge is -2.32. The van der Waals surface area contributed by atoms with Crippen LogP contribution in [-0.4, -0.2) is 61.1 Å². The molecular weight excluding hydrogens is 272 g/mol. The maximum absolute atomic E-state index is 11.4. The fourth-order valence-corrected chi connectivity index (χ4v) is 2.84. The summed E-state index contributed by atoms with van der Waals surface area (Å²) in [5.74, 6) is -0.442. The SMILES string of the molecule is CS(=O)(=O)N1CCN(Cc2cc(C(=O)O)co2)CC1. The minimum atomic E-state index is -3.12. The standard InChI is InChI=1S/C11H16N2O5S/c1-19(16,17)13-4-2-12(3-5-13)7-10-6-9(8-18-10)11(14)15/h6,8H,2-5,7H2,1H3,(H,14,15). The molecule has 2 heterocycles. The minimum absolute atomic E-state index is 0.129. The number of carboxylic acid groups (broad SMARTS) is 1. The third-order valence-corrected chi connectivity index (χ3v) is 4.38. The van der Waals surface area contributed by atoms with Crippen LogP contribution in [0, 0.1) is 0 Å². The Kier molecular flexibility index (Phi) is 3.93. The van der Waals surface area contributed by atoms with Gasteiger partial charge in [0.25, 0.3) is 0 Å². The topological polar surface area (TPSA) is 91.1 Å². The molecule has 0 saturated carbocycles. The maximum Gasteiger partial charge on any atom is 0.338 e. The van der Waals surface area contributed by atoms with Crippen LogP contribution < -0.4 is 0 Å². The summed E-state index contributed by atoms with van der Waals surface area (Å²) in [4.78, 5) is 12.7. The molecular formula is C11H16N2O5S. The van der Waals surface area contributed by atoms with E-state index in [0.717, 1.165) is 0 Å². The van der Waals surface area contributed by atoms with Gasteiger partial charge in [0.05, 0.1) is 18.4 Å². The molecule has 1 N–H and O–H groups in total. The number of furan rings is 1. The van der Waals surface area contributed by atoms with Crippen LogP contribution in [0.2, 0.25) is 0 Å². The van der Waals surface area contributed by atoms with Gasteiger partial charge in [-0.15, -0.1) is 0 Å². The molecule has 0 aromatic carbocycles. The zero-order chi connectivity index (χ0) is 14.0. The number of carbonyl (C=O) groups is 1. The van der Waals surface area contributed by atoms with E-state index in [0.29, 0.717) is 38.5 Å². The maximum atomic E-state index is 11.4. The number of aromatic carboxylic acids is 1. The Morgan fingerprint density at radius 1 is 1.37 bits per heavy atom. The highest BCUT2D eigenvalue weighted by Crippen LogP contribution is 2.13. The van der Waals surface area contributed by atoms with Crippen LogP contribution >= 0.6 is 0 Å². The van der Waals surface area contributed by atoms with E-state index >= 15 is 0 Å². The number of hydrogen-bond donors (Lipinski definition) is 1. The molecule has 0 atom stereocenters. The van der Waals surface area contributed by atoms with Gasteiger partial charge in [-0.25, -0.2) is 13.2 Å². The number of carboxylic acids is 1. The molecule has 0 amide bonds. The predicted octanol–water partition coefficient (Wildman–Crippen LogP) is 0.0550. The molecule has 8 heteroatoms. The van der Waals surface area contributed by atoms with Gasteiger partial charge < -0.3 is 9.52 Å². The summed E-state index contributed by atoms with van der Waals surface area (Å²) in [5.41, 5.74) is 0.129. The van der Waals surface area contributed by atoms with Crippen molar-refractivity contribution < 1.29 is 22.7 Å². The molecule has 2 rings (SSSR count). The Morgan fingerprint density at radius 3 is 2.47 bits per heavy atom. The van der Waals surface area contributed by atoms with Crippen molar-refractivity contribution in [1.29, 1.82) is 0 Å². The molecule has 7 nitrogen and oxygen atoms in total. The number of rotatable bonds is 4. The molecule has 0 unspecified atom stereocenters. The Labute approximate surface area is 111 Å². The zero-order valence-corrected chi connectivity index (χ0v) is 11.4. The van der Waals surface area contributed by atoms with Gasteiger partial charge in [-0.2, -0.15) is 4.31 Å². The highest BCUT2D eigenvalue weighted by atomic mass is 32.2. The van der Waals surface area contributed by atoms with Crippen molar-refractivity contribution in [2.24, 2.45) is 0 Å². The molecule has 1 aromatic rings. The van der Waals surface area contributed by atoms with Gasteiger partial charge in [-0.05, 0) is 6.07 Å². The van der Waals surface area contributed by atoms with Crippen LogP contribution in [0.15, 0.2) is 16.7 Å². The van der Waals surface area contributed by atoms with Gasteiger partial charge in [-0.3, -0.25) is 4.90 Å². The van der Waals surface area contributed by atoms with E-state index in [1.54, 1.807) is 0 Å². The van der Waals surface area contributed by atoms with Gasteiger partial charge in [0, 0.05) is 26.2 Å². The Balaban J connectivity index is 1.90. The van der Waals surface area contributed by atoms with Gasteiger partial charge in [0.15, 0.2) is 0 Å². The molecule has 19 heavy (non-hydrogen) atoms. The number of sulfonamides is 1. The Hall–Kier alpha value is -1.38. The molecule has 106 valence electrons. The average Bonchev–Trinajstić information content (AvgIpc) is 2.77. The highest BCUT2D eigenvalue weighted by Gasteiger charge is 2.24. The van der Waals surface area contributed by atoms with Crippen molar-refractivity contribution in [3.05, 3.63) is 23.7 Å². The van der Waals surface area contributed by atoms with E-state index in [-0.39, 0.29) is 5.56 Å². The van der Waals surface area contributed by atoms with E-state index in [1.807, 2.05) is 4.90 Å². The lowest BCUT2D eigenvalue weighted by atomic mass is 10.3. The van der Waals surface area contributed by atoms with Gasteiger partial charge in [0.2, 0.25) is 10.0 Å². The van der Waals surface area contributed by atoms with E-state index < -0.39 is 16.0 Å². The monoisotopic (exact) mass is 288 g/mol. The number of hydrogen-bond acceptors (Lipinski definition) is 5. The predicted molar refractivity (Wildman–Crippen MR) is 67.4 cm³/mol. The number of nitrogens with zero attached hydrogens (tertiary/aromatic N) is 2. The largest absolute Gasteiger partial charge is 0.478 e. The van der Waals surface area contributed by atoms with Crippen molar-refractivity contribution >= 4 is 16.0 Å². The first-order valence-electron chi connectivity index (χ1n) is 5.84. The summed E-state index contributed by atoms with van der Waals surface area (Å²) >= 11 is 0. The lowest BCUT2D eigenvalue weighted by Crippen LogP contribution is -2.47. The summed E-state index contributed by atoms with van der Waals surface area (Å²) in [6.07, 6.45) is 2.42. The van der Waals surface area contributed by atoms with Crippen LogP contribution in [0.4, 0.5) is 0 Å². The molecule has 1 aliphatic rings. The van der Waals surface area contributed by atoms with Crippen LogP contribution in [0.1, 0.15) is 16.1 Å². The first-order valence-corrected chi connectivity index (χ1v) is 7.69. The first kappa shape index (κ1) is 14.0. The minimum Gasteiger partial charge on any atom is -0.478 e. The second kappa shape index (κ2) is 5.32. The third-order valence-electron chi connectivity index (χ3n) is 3.08. The van der Waals surface area contributed by atoms with E-state index in [2.05, 4.69) is 0 Å². The van der Waals surface area contributed by atoms with Gasteiger partial charge in [-0.1, -0.05) is 0 Å². The third kappa shape index (κ3) is 3.55. The molecule has 1 fully saturated rings. The van der Waals surface area contributed by atoms with Crippen molar-refractivity contribution in [2.45, 2.75) is 6.54 Å². The molecule has 0 bridgehead atoms. The molecule has 0 aliphatic carbocycles. The Morgan fingerprint density at radius 2 is 2.00 bits per heavy atom.